The summed E-state index contributed by atoms with van der Waals surface area (Å²) in [5, 5.41) is 0. The second-order valence-corrected chi connectivity index (χ2v) is 3.96. The number of aromatic nitrogens is 1. The number of pyridine rings is 1. The van der Waals surface area contributed by atoms with Crippen molar-refractivity contribution in [1.29, 1.82) is 0 Å². The molecule has 1 atom stereocenters. The van der Waals surface area contributed by atoms with Crippen molar-refractivity contribution in [2.45, 2.75) is 12.8 Å². The predicted molar refractivity (Wildman–Crippen MR) is 68.4 cm³/mol. The summed E-state index contributed by atoms with van der Waals surface area (Å²) in [7, 11) is 0. The third-order valence-corrected chi connectivity index (χ3v) is 2.61. The van der Waals surface area contributed by atoms with Gasteiger partial charge in [0.2, 0.25) is 5.91 Å². The fraction of sp³-hybridized carbons (Fsp3) is 0.143. The molecule has 2 N–H and O–H groups in total. The number of carbonyl (C=O) groups is 1. The Morgan fingerprint density at radius 1 is 1.17 bits per heavy atom. The van der Waals surface area contributed by atoms with Crippen LogP contribution in [0.2, 0.25) is 0 Å². The number of primary amides is 1. The first kappa shape index (κ1) is 12.1. The monoisotopic (exact) mass is 242 g/mol. The maximum Gasteiger partial charge on any atom is 0.226 e. The van der Waals surface area contributed by atoms with E-state index in [2.05, 4.69) is 4.98 Å². The Hall–Kier alpha value is -2.36. The number of amides is 1. The molecule has 1 amide bonds. The van der Waals surface area contributed by atoms with Crippen molar-refractivity contribution in [3.05, 3.63) is 54.4 Å². The summed E-state index contributed by atoms with van der Waals surface area (Å²) in [4.78, 5) is 15.2. The first-order valence-electron chi connectivity index (χ1n) is 5.65. The van der Waals surface area contributed by atoms with E-state index in [0.717, 1.165) is 5.75 Å². The predicted octanol–water partition coefficient (Wildman–Crippen LogP) is 2.46. The molecule has 0 fully saturated rings. The van der Waals surface area contributed by atoms with E-state index in [-0.39, 0.29) is 5.91 Å². The lowest BCUT2D eigenvalue weighted by molar-refractivity contribution is -0.119. The highest BCUT2D eigenvalue weighted by Gasteiger charge is 2.12. The van der Waals surface area contributed by atoms with Crippen LogP contribution in [0.15, 0.2) is 48.7 Å². The molecule has 4 nitrogen and oxygen atoms in total. The smallest absolute Gasteiger partial charge is 0.226 e. The van der Waals surface area contributed by atoms with E-state index in [1.54, 1.807) is 25.3 Å². The standard InChI is InChI=1S/C14H14N2O2/c1-10(14(15)17)13-8-7-12(9-16-13)18-11-5-3-2-4-6-11/h2-10H,1H3,(H2,15,17). The van der Waals surface area contributed by atoms with Crippen LogP contribution in [-0.4, -0.2) is 10.9 Å². The summed E-state index contributed by atoms with van der Waals surface area (Å²) in [5.41, 5.74) is 5.86. The molecule has 1 unspecified atom stereocenters. The van der Waals surface area contributed by atoms with E-state index in [4.69, 9.17) is 10.5 Å². The highest BCUT2D eigenvalue weighted by molar-refractivity contribution is 5.80. The van der Waals surface area contributed by atoms with E-state index in [1.807, 2.05) is 30.3 Å². The van der Waals surface area contributed by atoms with E-state index < -0.39 is 5.92 Å². The van der Waals surface area contributed by atoms with Gasteiger partial charge in [0.25, 0.3) is 0 Å². The summed E-state index contributed by atoms with van der Waals surface area (Å²) >= 11 is 0. The molecule has 92 valence electrons. The van der Waals surface area contributed by atoms with Crippen LogP contribution in [0, 0.1) is 0 Å². The van der Waals surface area contributed by atoms with Gasteiger partial charge in [-0.3, -0.25) is 9.78 Å². The molecule has 18 heavy (non-hydrogen) atoms. The van der Waals surface area contributed by atoms with E-state index in [0.29, 0.717) is 11.4 Å². The number of hydrogen-bond donors (Lipinski definition) is 1. The first-order valence-corrected chi connectivity index (χ1v) is 5.65. The Morgan fingerprint density at radius 3 is 2.44 bits per heavy atom. The van der Waals surface area contributed by atoms with Gasteiger partial charge in [0.15, 0.2) is 0 Å². The molecule has 1 aromatic carbocycles. The van der Waals surface area contributed by atoms with Crippen LogP contribution >= 0.6 is 0 Å². The summed E-state index contributed by atoms with van der Waals surface area (Å²) < 4.78 is 5.59. The third-order valence-electron chi connectivity index (χ3n) is 2.61. The Morgan fingerprint density at radius 2 is 1.89 bits per heavy atom. The van der Waals surface area contributed by atoms with Crippen molar-refractivity contribution < 1.29 is 9.53 Å². The van der Waals surface area contributed by atoms with Gasteiger partial charge in [0.1, 0.15) is 11.5 Å². The molecule has 1 aromatic heterocycles. The molecule has 2 aromatic rings. The summed E-state index contributed by atoms with van der Waals surface area (Å²) in [6, 6.07) is 12.9. The molecule has 0 saturated carbocycles. The molecule has 0 bridgehead atoms. The van der Waals surface area contributed by atoms with E-state index in [1.165, 1.54) is 0 Å². The lowest BCUT2D eigenvalue weighted by Crippen LogP contribution is -2.19. The lowest BCUT2D eigenvalue weighted by Gasteiger charge is -2.08. The second kappa shape index (κ2) is 5.31. The van der Waals surface area contributed by atoms with Crippen molar-refractivity contribution >= 4 is 5.91 Å². The number of nitrogens with zero attached hydrogens (tertiary/aromatic N) is 1. The molecule has 0 radical (unpaired) electrons. The molecule has 0 spiro atoms. The number of para-hydroxylation sites is 1. The molecule has 0 saturated heterocycles. The number of benzene rings is 1. The maximum atomic E-state index is 11.0. The van der Waals surface area contributed by atoms with Gasteiger partial charge in [-0.25, -0.2) is 0 Å². The Bertz CT molecular complexity index is 523. The molecular formula is C14H14N2O2. The quantitative estimate of drug-likeness (QED) is 0.895. The number of nitrogens with two attached hydrogens (primary N) is 1. The number of carbonyl (C=O) groups excluding carboxylic acids is 1. The molecule has 2 rings (SSSR count). The normalized spacial score (nSPS) is 11.8. The zero-order chi connectivity index (χ0) is 13.0. The van der Waals surface area contributed by atoms with E-state index >= 15 is 0 Å². The zero-order valence-corrected chi connectivity index (χ0v) is 10.0. The minimum Gasteiger partial charge on any atom is -0.456 e. The number of rotatable bonds is 4. The average Bonchev–Trinajstić information content (AvgIpc) is 2.40. The molecule has 0 aliphatic heterocycles. The van der Waals surface area contributed by atoms with Crippen LogP contribution in [0.25, 0.3) is 0 Å². The first-order chi connectivity index (χ1) is 8.66. The van der Waals surface area contributed by atoms with Crippen molar-refractivity contribution in [2.24, 2.45) is 5.73 Å². The van der Waals surface area contributed by atoms with Gasteiger partial charge >= 0.3 is 0 Å². The van der Waals surface area contributed by atoms with Crippen LogP contribution in [0.4, 0.5) is 0 Å². The van der Waals surface area contributed by atoms with Gasteiger partial charge in [0.05, 0.1) is 17.8 Å². The average molecular weight is 242 g/mol. The summed E-state index contributed by atoms with van der Waals surface area (Å²) in [6.45, 7) is 1.72. The van der Waals surface area contributed by atoms with Gasteiger partial charge in [-0.2, -0.15) is 0 Å². The Kier molecular flexibility index (Phi) is 3.57. The third kappa shape index (κ3) is 2.85. The van der Waals surface area contributed by atoms with Gasteiger partial charge in [0, 0.05) is 0 Å². The molecule has 0 aliphatic carbocycles. The Labute approximate surface area is 105 Å². The minimum absolute atomic E-state index is 0.390. The van der Waals surface area contributed by atoms with Gasteiger partial charge in [-0.1, -0.05) is 18.2 Å². The molecular weight excluding hydrogens is 228 g/mol. The fourth-order valence-electron chi connectivity index (χ4n) is 1.48. The largest absolute Gasteiger partial charge is 0.456 e. The topological polar surface area (TPSA) is 65.2 Å². The van der Waals surface area contributed by atoms with Crippen molar-refractivity contribution in [3.8, 4) is 11.5 Å². The molecule has 1 heterocycles. The maximum absolute atomic E-state index is 11.0. The van der Waals surface area contributed by atoms with Crippen molar-refractivity contribution in [2.75, 3.05) is 0 Å². The SMILES string of the molecule is CC(C(N)=O)c1ccc(Oc2ccccc2)cn1. The van der Waals surface area contributed by atoms with Crippen LogP contribution in [0.1, 0.15) is 18.5 Å². The fourth-order valence-corrected chi connectivity index (χ4v) is 1.48. The number of ether oxygens (including phenoxy) is 1. The molecule has 4 heteroatoms. The minimum atomic E-state index is -0.393. The Balaban J connectivity index is 2.11. The van der Waals surface area contributed by atoms with Crippen molar-refractivity contribution in [3.63, 3.8) is 0 Å². The van der Waals surface area contributed by atoms with E-state index in [9.17, 15) is 4.79 Å². The lowest BCUT2D eigenvalue weighted by atomic mass is 10.1. The summed E-state index contributed by atoms with van der Waals surface area (Å²) in [6.07, 6.45) is 1.59. The van der Waals surface area contributed by atoms with Crippen molar-refractivity contribution in [1.82, 2.24) is 4.98 Å². The highest BCUT2D eigenvalue weighted by Crippen LogP contribution is 2.21. The highest BCUT2D eigenvalue weighted by atomic mass is 16.5. The van der Waals surface area contributed by atoms with Crippen LogP contribution in [0.5, 0.6) is 11.5 Å². The van der Waals surface area contributed by atoms with Crippen LogP contribution < -0.4 is 10.5 Å². The van der Waals surface area contributed by atoms with Gasteiger partial charge in [-0.15, -0.1) is 0 Å². The van der Waals surface area contributed by atoms with Gasteiger partial charge < -0.3 is 10.5 Å². The van der Waals surface area contributed by atoms with Crippen LogP contribution in [0.3, 0.4) is 0 Å². The zero-order valence-electron chi connectivity index (χ0n) is 10.0. The molecule has 0 aliphatic rings. The number of hydrogen-bond acceptors (Lipinski definition) is 3. The van der Waals surface area contributed by atoms with Gasteiger partial charge in [-0.05, 0) is 31.2 Å². The van der Waals surface area contributed by atoms with Crippen LogP contribution in [-0.2, 0) is 4.79 Å². The second-order valence-electron chi connectivity index (χ2n) is 3.96. The summed E-state index contributed by atoms with van der Waals surface area (Å²) in [5.74, 6) is 0.589.